The second-order valence-electron chi connectivity index (χ2n) is 13.4. The van der Waals surface area contributed by atoms with E-state index in [1.54, 1.807) is 0 Å². The number of fused-ring (bicyclic) bond motifs is 7. The van der Waals surface area contributed by atoms with Gasteiger partial charge in [-0.05, 0) is 104 Å². The van der Waals surface area contributed by atoms with Crippen molar-refractivity contribution in [2.45, 2.75) is 0 Å². The highest BCUT2D eigenvalue weighted by atomic mass is 15.1. The fourth-order valence-corrected chi connectivity index (χ4v) is 7.89. The van der Waals surface area contributed by atoms with Crippen molar-refractivity contribution in [3.63, 3.8) is 0 Å². The molecule has 0 atom stereocenters. The molecule has 10 aromatic rings. The molecule has 1 aromatic heterocycles. The molecule has 0 saturated carbocycles. The first-order valence-electron chi connectivity index (χ1n) is 17.9. The summed E-state index contributed by atoms with van der Waals surface area (Å²) < 4.78 is 2.43. The highest BCUT2D eigenvalue weighted by molar-refractivity contribution is 6.28. The van der Waals surface area contributed by atoms with Crippen molar-refractivity contribution in [3.05, 3.63) is 206 Å². The van der Waals surface area contributed by atoms with Crippen LogP contribution in [-0.4, -0.2) is 4.57 Å². The van der Waals surface area contributed by atoms with Gasteiger partial charge in [-0.25, -0.2) is 0 Å². The Morgan fingerprint density at radius 1 is 0.288 bits per heavy atom. The Balaban J connectivity index is 1.12. The first-order valence-corrected chi connectivity index (χ1v) is 17.9. The largest absolute Gasteiger partial charge is 0.311 e. The Kier molecular flexibility index (Phi) is 7.18. The molecule has 0 radical (unpaired) electrons. The van der Waals surface area contributed by atoms with Gasteiger partial charge in [0.2, 0.25) is 0 Å². The molecule has 2 heteroatoms. The van der Waals surface area contributed by atoms with Gasteiger partial charge in [-0.3, -0.25) is 0 Å². The standard InChI is InChI=1S/C50H34N2/c1-3-11-35(12-4-1)37-19-25-41(26-20-37)51(42-27-21-38(22-28-42)36-13-5-2-6-14-36)43-29-31-44(32-30-43)52-47-33-23-39-15-7-9-17-45(39)49(47)50-46-18-10-8-16-40(46)24-34-48(50)52/h1-34H. The van der Waals surface area contributed by atoms with Crippen LogP contribution in [0.1, 0.15) is 0 Å². The number of hydrogen-bond donors (Lipinski definition) is 0. The average Bonchev–Trinajstić information content (AvgIpc) is 3.58. The van der Waals surface area contributed by atoms with Crippen LogP contribution in [0.4, 0.5) is 17.1 Å². The third-order valence-electron chi connectivity index (χ3n) is 10.4. The molecule has 9 aromatic carbocycles. The number of hydrogen-bond acceptors (Lipinski definition) is 1. The first-order chi connectivity index (χ1) is 25.8. The van der Waals surface area contributed by atoms with Gasteiger partial charge < -0.3 is 9.47 Å². The molecule has 2 nitrogen and oxygen atoms in total. The van der Waals surface area contributed by atoms with Crippen LogP contribution in [-0.2, 0) is 0 Å². The van der Waals surface area contributed by atoms with Crippen molar-refractivity contribution in [2.24, 2.45) is 0 Å². The summed E-state index contributed by atoms with van der Waals surface area (Å²) in [4.78, 5) is 2.35. The Morgan fingerprint density at radius 2 is 0.654 bits per heavy atom. The van der Waals surface area contributed by atoms with Crippen LogP contribution in [0.15, 0.2) is 206 Å². The van der Waals surface area contributed by atoms with Gasteiger partial charge in [0.05, 0.1) is 11.0 Å². The predicted molar refractivity (Wildman–Crippen MR) is 221 cm³/mol. The molecular weight excluding hydrogens is 629 g/mol. The van der Waals surface area contributed by atoms with Gasteiger partial charge in [0.1, 0.15) is 0 Å². The van der Waals surface area contributed by atoms with Crippen molar-refractivity contribution in [1.29, 1.82) is 0 Å². The molecule has 1 heterocycles. The summed E-state index contributed by atoms with van der Waals surface area (Å²) in [5, 5.41) is 7.66. The van der Waals surface area contributed by atoms with Crippen LogP contribution in [0.2, 0.25) is 0 Å². The lowest BCUT2D eigenvalue weighted by Crippen LogP contribution is -2.10. The molecular formula is C50H34N2. The van der Waals surface area contributed by atoms with Gasteiger partial charge >= 0.3 is 0 Å². The summed E-state index contributed by atoms with van der Waals surface area (Å²) in [7, 11) is 0. The monoisotopic (exact) mass is 662 g/mol. The van der Waals surface area contributed by atoms with Crippen LogP contribution < -0.4 is 4.90 Å². The summed E-state index contributed by atoms with van der Waals surface area (Å²) in [6, 6.07) is 74.5. The van der Waals surface area contributed by atoms with Crippen molar-refractivity contribution in [2.75, 3.05) is 4.90 Å². The summed E-state index contributed by atoms with van der Waals surface area (Å²) >= 11 is 0. The summed E-state index contributed by atoms with van der Waals surface area (Å²) in [6.07, 6.45) is 0. The fraction of sp³-hybridized carbons (Fsp3) is 0. The van der Waals surface area contributed by atoms with Crippen LogP contribution >= 0.6 is 0 Å². The smallest absolute Gasteiger partial charge is 0.0547 e. The molecule has 0 spiro atoms. The number of rotatable bonds is 6. The Bertz CT molecular complexity index is 2680. The van der Waals surface area contributed by atoms with E-state index >= 15 is 0 Å². The quantitative estimate of drug-likeness (QED) is 0.172. The zero-order valence-corrected chi connectivity index (χ0v) is 28.5. The third kappa shape index (κ3) is 5.04. The minimum absolute atomic E-state index is 1.10. The zero-order chi connectivity index (χ0) is 34.4. The van der Waals surface area contributed by atoms with E-state index in [1.165, 1.54) is 65.6 Å². The van der Waals surface area contributed by atoms with E-state index in [2.05, 4.69) is 216 Å². The van der Waals surface area contributed by atoms with E-state index in [1.807, 2.05) is 0 Å². The highest BCUT2D eigenvalue weighted by Crippen LogP contribution is 2.42. The fourth-order valence-electron chi connectivity index (χ4n) is 7.89. The lowest BCUT2D eigenvalue weighted by molar-refractivity contribution is 1.17. The molecule has 10 rings (SSSR count). The van der Waals surface area contributed by atoms with Gasteiger partial charge in [-0.1, -0.05) is 146 Å². The van der Waals surface area contributed by atoms with Gasteiger partial charge in [0.25, 0.3) is 0 Å². The maximum absolute atomic E-state index is 2.43. The molecule has 244 valence electrons. The first kappa shape index (κ1) is 30.0. The molecule has 0 aliphatic rings. The number of anilines is 3. The maximum atomic E-state index is 2.43. The molecule has 0 aliphatic heterocycles. The van der Waals surface area contributed by atoms with E-state index in [0.717, 1.165) is 22.7 Å². The topological polar surface area (TPSA) is 8.17 Å². The van der Waals surface area contributed by atoms with Gasteiger partial charge in [0.15, 0.2) is 0 Å². The summed E-state index contributed by atoms with van der Waals surface area (Å²) in [6.45, 7) is 0. The van der Waals surface area contributed by atoms with Gasteiger partial charge in [-0.15, -0.1) is 0 Å². The number of benzene rings is 9. The van der Waals surface area contributed by atoms with Crippen molar-refractivity contribution >= 4 is 60.4 Å². The van der Waals surface area contributed by atoms with Crippen LogP contribution in [0.25, 0.3) is 71.3 Å². The SMILES string of the molecule is c1ccc(-c2ccc(N(c3ccc(-c4ccccc4)cc3)c3ccc(-n4c5ccc6ccccc6c5c5c6ccccc6ccc54)cc3)cc2)cc1. The highest BCUT2D eigenvalue weighted by Gasteiger charge is 2.18. The van der Waals surface area contributed by atoms with Crippen LogP contribution in [0, 0.1) is 0 Å². The van der Waals surface area contributed by atoms with Gasteiger partial charge in [-0.2, -0.15) is 0 Å². The Hall–Kier alpha value is -6.90. The van der Waals surface area contributed by atoms with Crippen LogP contribution in [0.3, 0.4) is 0 Å². The van der Waals surface area contributed by atoms with E-state index in [0.29, 0.717) is 0 Å². The molecule has 0 saturated heterocycles. The minimum atomic E-state index is 1.10. The van der Waals surface area contributed by atoms with Crippen molar-refractivity contribution in [1.82, 2.24) is 4.57 Å². The lowest BCUT2D eigenvalue weighted by Gasteiger charge is -2.26. The molecule has 0 amide bonds. The van der Waals surface area contributed by atoms with Crippen molar-refractivity contribution < 1.29 is 0 Å². The normalized spacial score (nSPS) is 11.5. The molecule has 0 aliphatic carbocycles. The molecule has 0 bridgehead atoms. The number of aromatic nitrogens is 1. The Labute approximate surface area is 303 Å². The van der Waals surface area contributed by atoms with E-state index in [-0.39, 0.29) is 0 Å². The number of nitrogens with zero attached hydrogens (tertiary/aromatic N) is 2. The predicted octanol–water partition coefficient (Wildman–Crippen LogP) is 13.9. The zero-order valence-electron chi connectivity index (χ0n) is 28.5. The second-order valence-corrected chi connectivity index (χ2v) is 13.4. The Morgan fingerprint density at radius 3 is 1.10 bits per heavy atom. The van der Waals surface area contributed by atoms with Crippen molar-refractivity contribution in [3.8, 4) is 27.9 Å². The molecule has 52 heavy (non-hydrogen) atoms. The molecule has 0 unspecified atom stereocenters. The average molecular weight is 663 g/mol. The molecule has 0 N–H and O–H groups in total. The lowest BCUT2D eigenvalue weighted by atomic mass is 10.00. The second kappa shape index (κ2) is 12.5. The van der Waals surface area contributed by atoms with Crippen LogP contribution in [0.5, 0.6) is 0 Å². The van der Waals surface area contributed by atoms with E-state index in [9.17, 15) is 0 Å². The third-order valence-corrected chi connectivity index (χ3v) is 10.4. The maximum Gasteiger partial charge on any atom is 0.0547 e. The van der Waals surface area contributed by atoms with E-state index < -0.39 is 0 Å². The molecule has 0 fully saturated rings. The minimum Gasteiger partial charge on any atom is -0.311 e. The summed E-state index contributed by atoms with van der Waals surface area (Å²) in [5.41, 5.74) is 11.7. The van der Waals surface area contributed by atoms with E-state index in [4.69, 9.17) is 0 Å². The van der Waals surface area contributed by atoms with Gasteiger partial charge in [0, 0.05) is 33.5 Å². The summed E-state index contributed by atoms with van der Waals surface area (Å²) in [5.74, 6) is 0.